The van der Waals surface area contributed by atoms with Crippen molar-refractivity contribution in [2.24, 2.45) is 11.8 Å². The smallest absolute Gasteiger partial charge is 0.367 e. The molecule has 0 spiro atoms. The van der Waals surface area contributed by atoms with Gasteiger partial charge in [-0.15, -0.1) is 0 Å². The van der Waals surface area contributed by atoms with Crippen LogP contribution in [0.4, 0.5) is 18.9 Å². The van der Waals surface area contributed by atoms with E-state index in [4.69, 9.17) is 0 Å². The third kappa shape index (κ3) is 5.17. The first-order valence-electron chi connectivity index (χ1n) is 10.4. The van der Waals surface area contributed by atoms with Gasteiger partial charge in [0.1, 0.15) is 5.69 Å². The summed E-state index contributed by atoms with van der Waals surface area (Å²) in [4.78, 5) is 20.2. The molecule has 1 unspecified atom stereocenters. The molecule has 1 amide bonds. The van der Waals surface area contributed by atoms with Crippen molar-refractivity contribution < 1.29 is 18.0 Å². The molecule has 4 nitrogen and oxygen atoms in total. The van der Waals surface area contributed by atoms with Gasteiger partial charge in [-0.3, -0.25) is 4.79 Å². The van der Waals surface area contributed by atoms with Crippen LogP contribution in [0.2, 0.25) is 0 Å². The summed E-state index contributed by atoms with van der Waals surface area (Å²) in [6, 6.07) is 2.48. The van der Waals surface area contributed by atoms with Gasteiger partial charge < -0.3 is 9.80 Å². The second-order valence-electron chi connectivity index (χ2n) is 8.04. The Hall–Kier alpha value is -1.79. The Balaban J connectivity index is 1.50. The third-order valence-electron chi connectivity index (χ3n) is 6.31. The van der Waals surface area contributed by atoms with Crippen molar-refractivity contribution in [3.63, 3.8) is 0 Å². The lowest BCUT2D eigenvalue weighted by Gasteiger charge is -2.37. The van der Waals surface area contributed by atoms with Crippen LogP contribution in [-0.4, -0.2) is 42.0 Å². The maximum absolute atomic E-state index is 12.8. The Morgan fingerprint density at radius 2 is 1.82 bits per heavy atom. The van der Waals surface area contributed by atoms with E-state index in [2.05, 4.69) is 11.9 Å². The highest BCUT2D eigenvalue weighted by Gasteiger charge is 2.32. The molecule has 1 aliphatic heterocycles. The first-order valence-corrected chi connectivity index (χ1v) is 10.4. The summed E-state index contributed by atoms with van der Waals surface area (Å²) in [5.41, 5.74) is -0.202. The van der Waals surface area contributed by atoms with E-state index in [9.17, 15) is 18.0 Å². The predicted octanol–water partition coefficient (Wildman–Crippen LogP) is 4.75. The Morgan fingerprint density at radius 3 is 2.36 bits per heavy atom. The Morgan fingerprint density at radius 1 is 1.14 bits per heavy atom. The lowest BCUT2D eigenvalue weighted by atomic mass is 9.77. The van der Waals surface area contributed by atoms with Gasteiger partial charge in [-0.05, 0) is 24.0 Å². The van der Waals surface area contributed by atoms with Crippen LogP contribution in [-0.2, 0) is 11.0 Å². The highest BCUT2D eigenvalue weighted by molar-refractivity contribution is 5.76. The van der Waals surface area contributed by atoms with Crippen LogP contribution < -0.4 is 4.90 Å². The van der Waals surface area contributed by atoms with Gasteiger partial charge in [0.2, 0.25) is 5.91 Å². The Bertz CT molecular complexity index is 633. The summed E-state index contributed by atoms with van der Waals surface area (Å²) in [6.07, 6.45) is 4.93. The number of halogens is 3. The molecule has 0 bridgehead atoms. The molecule has 0 N–H and O–H groups in total. The molecule has 28 heavy (non-hydrogen) atoms. The second kappa shape index (κ2) is 9.14. The zero-order valence-corrected chi connectivity index (χ0v) is 16.5. The number of anilines is 1. The van der Waals surface area contributed by atoms with Crippen molar-refractivity contribution in [3.05, 3.63) is 24.0 Å². The number of amides is 1. The maximum atomic E-state index is 12.8. The van der Waals surface area contributed by atoms with Crippen LogP contribution >= 0.6 is 0 Å². The fourth-order valence-corrected chi connectivity index (χ4v) is 4.56. The zero-order valence-electron chi connectivity index (χ0n) is 16.5. The topological polar surface area (TPSA) is 36.4 Å². The van der Waals surface area contributed by atoms with Gasteiger partial charge in [-0.1, -0.05) is 45.4 Å². The van der Waals surface area contributed by atoms with Gasteiger partial charge in [0.15, 0.2) is 0 Å². The lowest BCUT2D eigenvalue weighted by molar-refractivity contribution is -0.141. The van der Waals surface area contributed by atoms with Crippen molar-refractivity contribution in [1.82, 2.24) is 9.88 Å². The molecule has 1 aromatic heterocycles. The molecule has 1 saturated carbocycles. The van der Waals surface area contributed by atoms with Crippen molar-refractivity contribution in [2.45, 2.75) is 58.0 Å². The fraction of sp³-hybridized carbons (Fsp3) is 0.714. The summed E-state index contributed by atoms with van der Waals surface area (Å²) >= 11 is 0. The predicted molar refractivity (Wildman–Crippen MR) is 103 cm³/mol. The quantitative estimate of drug-likeness (QED) is 0.720. The summed E-state index contributed by atoms with van der Waals surface area (Å²) in [7, 11) is 0. The monoisotopic (exact) mass is 397 g/mol. The van der Waals surface area contributed by atoms with Crippen molar-refractivity contribution in [2.75, 3.05) is 31.1 Å². The van der Waals surface area contributed by atoms with Crippen molar-refractivity contribution in [1.29, 1.82) is 0 Å². The van der Waals surface area contributed by atoms with Crippen LogP contribution in [0.15, 0.2) is 18.3 Å². The van der Waals surface area contributed by atoms with E-state index in [1.807, 2.05) is 9.80 Å². The summed E-state index contributed by atoms with van der Waals surface area (Å²) in [5.74, 6) is 1.38. The van der Waals surface area contributed by atoms with Crippen molar-refractivity contribution >= 4 is 11.6 Å². The van der Waals surface area contributed by atoms with Gasteiger partial charge in [0.25, 0.3) is 0 Å². The number of rotatable bonds is 5. The molecule has 2 fully saturated rings. The van der Waals surface area contributed by atoms with E-state index >= 15 is 0 Å². The Kier molecular flexibility index (Phi) is 6.83. The van der Waals surface area contributed by atoms with Crippen LogP contribution in [0.25, 0.3) is 0 Å². The molecular weight excluding hydrogens is 367 g/mol. The minimum atomic E-state index is -4.42. The molecule has 1 saturated heterocycles. The van der Waals surface area contributed by atoms with Gasteiger partial charge in [-0.2, -0.15) is 13.2 Å². The van der Waals surface area contributed by atoms with Crippen LogP contribution in [0.3, 0.4) is 0 Å². The number of carbonyl (C=O) groups is 1. The fourth-order valence-electron chi connectivity index (χ4n) is 4.56. The molecule has 1 atom stereocenters. The van der Waals surface area contributed by atoms with E-state index in [0.29, 0.717) is 50.1 Å². The van der Waals surface area contributed by atoms with Gasteiger partial charge in [-0.25, -0.2) is 4.98 Å². The highest BCUT2D eigenvalue weighted by atomic mass is 19.4. The molecule has 0 radical (unpaired) electrons. The number of nitrogens with zero attached hydrogens (tertiary/aromatic N) is 3. The zero-order chi connectivity index (χ0) is 20.1. The molecule has 7 heteroatoms. The number of hydrogen-bond donors (Lipinski definition) is 0. The number of pyridine rings is 1. The summed E-state index contributed by atoms with van der Waals surface area (Å²) in [6.45, 7) is 4.65. The van der Waals surface area contributed by atoms with E-state index < -0.39 is 11.9 Å². The van der Waals surface area contributed by atoms with Crippen LogP contribution in [0, 0.1) is 11.8 Å². The lowest BCUT2D eigenvalue weighted by Crippen LogP contribution is -2.49. The molecule has 3 rings (SSSR count). The van der Waals surface area contributed by atoms with E-state index in [1.165, 1.54) is 44.4 Å². The minimum absolute atomic E-state index is 0.225. The maximum Gasteiger partial charge on any atom is 0.433 e. The van der Waals surface area contributed by atoms with Crippen LogP contribution in [0.1, 0.15) is 57.6 Å². The number of aromatic nitrogens is 1. The van der Waals surface area contributed by atoms with Gasteiger partial charge >= 0.3 is 6.18 Å². The van der Waals surface area contributed by atoms with E-state index in [0.717, 1.165) is 12.5 Å². The standard InChI is InChI=1S/C21H30F3N3O/c1-2-16(17-6-4-3-5-7-17)14-20(28)27-12-10-26(11-13-27)18-8-9-19(25-15-18)21(22,23)24/h8-9,15-17H,2-7,10-14H2,1H3. The number of hydrogen-bond acceptors (Lipinski definition) is 3. The molecule has 0 aromatic carbocycles. The molecule has 2 heterocycles. The average Bonchev–Trinajstić information content (AvgIpc) is 2.72. The summed E-state index contributed by atoms with van der Waals surface area (Å²) in [5, 5.41) is 0. The number of alkyl halides is 3. The largest absolute Gasteiger partial charge is 0.433 e. The molecule has 2 aliphatic rings. The first-order chi connectivity index (χ1) is 13.4. The highest BCUT2D eigenvalue weighted by Crippen LogP contribution is 2.34. The van der Waals surface area contributed by atoms with Gasteiger partial charge in [0.05, 0.1) is 11.9 Å². The third-order valence-corrected chi connectivity index (χ3v) is 6.31. The average molecular weight is 397 g/mol. The molecule has 1 aliphatic carbocycles. The Labute approximate surface area is 165 Å². The first kappa shape index (κ1) is 20.9. The SMILES string of the molecule is CCC(CC(=O)N1CCN(c2ccc(C(F)(F)F)nc2)CC1)C1CCCCC1. The normalized spacial score (nSPS) is 20.3. The minimum Gasteiger partial charge on any atom is -0.367 e. The molecular formula is C21H30F3N3O. The number of carbonyl (C=O) groups excluding carboxylic acids is 1. The molecule has 1 aromatic rings. The summed E-state index contributed by atoms with van der Waals surface area (Å²) < 4.78 is 37.9. The van der Waals surface area contributed by atoms with Crippen LogP contribution in [0.5, 0.6) is 0 Å². The van der Waals surface area contributed by atoms with E-state index in [1.54, 1.807) is 0 Å². The molecule has 156 valence electrons. The number of piperazine rings is 1. The second-order valence-corrected chi connectivity index (χ2v) is 8.04. The van der Waals surface area contributed by atoms with Gasteiger partial charge in [0, 0.05) is 32.6 Å². The van der Waals surface area contributed by atoms with E-state index in [-0.39, 0.29) is 5.91 Å². The van der Waals surface area contributed by atoms with Crippen molar-refractivity contribution in [3.8, 4) is 0 Å².